The average molecular weight is 369 g/mol. The van der Waals surface area contributed by atoms with E-state index < -0.39 is 11.4 Å². The Morgan fingerprint density at radius 3 is 2.84 bits per heavy atom. The molecule has 0 aliphatic carbocycles. The quantitative estimate of drug-likeness (QED) is 0.819. The number of halogens is 2. The fourth-order valence-corrected chi connectivity index (χ4v) is 3.94. The lowest BCUT2D eigenvalue weighted by Crippen LogP contribution is -2.60. The first-order chi connectivity index (χ1) is 11.9. The third-order valence-corrected chi connectivity index (χ3v) is 5.47. The lowest BCUT2D eigenvalue weighted by molar-refractivity contribution is -0.172. The minimum Gasteiger partial charge on any atom is -0.362 e. The monoisotopic (exact) mass is 368 g/mol. The second-order valence-corrected chi connectivity index (χ2v) is 7.76. The number of hydrogen-bond acceptors (Lipinski definition) is 3. The molecule has 2 aliphatic rings. The molecule has 0 bridgehead atoms. The summed E-state index contributed by atoms with van der Waals surface area (Å²) in [5.41, 5.74) is 0.102. The summed E-state index contributed by atoms with van der Waals surface area (Å²) < 4.78 is 19.8. The van der Waals surface area contributed by atoms with Crippen molar-refractivity contribution in [3.63, 3.8) is 0 Å². The highest BCUT2D eigenvalue weighted by Crippen LogP contribution is 2.31. The summed E-state index contributed by atoms with van der Waals surface area (Å²) in [5, 5.41) is 0.133. The number of likely N-dealkylation sites (tertiary alicyclic amines) is 1. The summed E-state index contributed by atoms with van der Waals surface area (Å²) in [6, 6.07) is 5.06. The number of ether oxygens (including phenoxy) is 1. The van der Waals surface area contributed by atoms with Crippen LogP contribution in [0, 0.1) is 5.82 Å². The van der Waals surface area contributed by atoms with Gasteiger partial charge in [-0.2, -0.15) is 0 Å². The van der Waals surface area contributed by atoms with Gasteiger partial charge in [0.2, 0.25) is 0 Å². The van der Waals surface area contributed by atoms with Crippen molar-refractivity contribution in [2.45, 2.75) is 51.3 Å². The average Bonchev–Trinajstić information content (AvgIpc) is 2.72. The SMILES string of the molecule is CC(C)N1CCCCC2(CN(Cc3ccc(Cl)c(F)c3)CCO2)C1=O. The van der Waals surface area contributed by atoms with Gasteiger partial charge < -0.3 is 9.64 Å². The van der Waals surface area contributed by atoms with Crippen molar-refractivity contribution < 1.29 is 13.9 Å². The van der Waals surface area contributed by atoms with Gasteiger partial charge in [-0.1, -0.05) is 17.7 Å². The number of rotatable bonds is 3. The number of amides is 1. The van der Waals surface area contributed by atoms with E-state index in [1.54, 1.807) is 6.07 Å². The summed E-state index contributed by atoms with van der Waals surface area (Å²) in [4.78, 5) is 17.3. The van der Waals surface area contributed by atoms with E-state index in [0.29, 0.717) is 19.7 Å². The van der Waals surface area contributed by atoms with Crippen molar-refractivity contribution in [2.24, 2.45) is 0 Å². The van der Waals surface area contributed by atoms with Crippen LogP contribution in [0.15, 0.2) is 18.2 Å². The molecule has 25 heavy (non-hydrogen) atoms. The predicted molar refractivity (Wildman–Crippen MR) is 96.1 cm³/mol. The first kappa shape index (κ1) is 18.6. The van der Waals surface area contributed by atoms with Crippen molar-refractivity contribution >= 4 is 17.5 Å². The first-order valence-corrected chi connectivity index (χ1v) is 9.40. The summed E-state index contributed by atoms with van der Waals surface area (Å²) in [7, 11) is 0. The van der Waals surface area contributed by atoms with Gasteiger partial charge in [0.05, 0.1) is 11.6 Å². The molecule has 2 fully saturated rings. The van der Waals surface area contributed by atoms with E-state index in [1.807, 2.05) is 24.8 Å². The van der Waals surface area contributed by atoms with Crippen LogP contribution in [0.4, 0.5) is 4.39 Å². The Hall–Kier alpha value is -1.17. The minimum absolute atomic E-state index is 0.104. The number of benzene rings is 1. The Kier molecular flexibility index (Phi) is 5.66. The topological polar surface area (TPSA) is 32.8 Å². The van der Waals surface area contributed by atoms with E-state index in [-0.39, 0.29) is 17.0 Å². The second-order valence-electron chi connectivity index (χ2n) is 7.35. The molecule has 4 nitrogen and oxygen atoms in total. The molecule has 0 aromatic heterocycles. The van der Waals surface area contributed by atoms with Crippen molar-refractivity contribution in [1.29, 1.82) is 0 Å². The fourth-order valence-electron chi connectivity index (χ4n) is 3.82. The lowest BCUT2D eigenvalue weighted by atomic mass is 9.93. The number of carbonyl (C=O) groups is 1. The maximum atomic E-state index is 13.7. The van der Waals surface area contributed by atoms with Gasteiger partial charge in [0, 0.05) is 32.2 Å². The van der Waals surface area contributed by atoms with Gasteiger partial charge in [0.1, 0.15) is 5.82 Å². The van der Waals surface area contributed by atoms with Crippen molar-refractivity contribution in [3.8, 4) is 0 Å². The van der Waals surface area contributed by atoms with Gasteiger partial charge in [-0.05, 0) is 50.8 Å². The molecule has 2 heterocycles. The fraction of sp³-hybridized carbons (Fsp3) is 0.632. The van der Waals surface area contributed by atoms with E-state index in [1.165, 1.54) is 6.07 Å². The number of morpholine rings is 1. The molecule has 3 rings (SSSR count). The molecule has 0 radical (unpaired) electrons. The Bertz CT molecular complexity index is 640. The van der Waals surface area contributed by atoms with Crippen LogP contribution in [-0.4, -0.2) is 53.6 Å². The predicted octanol–water partition coefficient (Wildman–Crippen LogP) is 3.47. The highest BCUT2D eigenvalue weighted by Gasteiger charge is 2.47. The summed E-state index contributed by atoms with van der Waals surface area (Å²) in [6.45, 7) is 7.30. The van der Waals surface area contributed by atoms with Crippen LogP contribution in [0.25, 0.3) is 0 Å². The van der Waals surface area contributed by atoms with Crippen LogP contribution in [0.5, 0.6) is 0 Å². The minimum atomic E-state index is -0.760. The van der Waals surface area contributed by atoms with Crippen molar-refractivity contribution in [2.75, 3.05) is 26.2 Å². The molecule has 2 saturated heterocycles. The highest BCUT2D eigenvalue weighted by atomic mass is 35.5. The summed E-state index contributed by atoms with van der Waals surface area (Å²) in [6.07, 6.45) is 2.75. The maximum absolute atomic E-state index is 13.7. The van der Waals surface area contributed by atoms with Gasteiger partial charge in [-0.25, -0.2) is 4.39 Å². The first-order valence-electron chi connectivity index (χ1n) is 9.02. The number of nitrogens with zero attached hydrogens (tertiary/aromatic N) is 2. The normalized spacial score (nSPS) is 25.6. The molecule has 1 spiro atoms. The molecule has 1 atom stereocenters. The van der Waals surface area contributed by atoms with Crippen molar-refractivity contribution in [1.82, 2.24) is 9.80 Å². The Labute approximate surface area is 153 Å². The lowest BCUT2D eigenvalue weighted by Gasteiger charge is -2.43. The molecule has 1 amide bonds. The molecular formula is C19H26ClFN2O2. The Balaban J connectivity index is 1.76. The van der Waals surface area contributed by atoms with Gasteiger partial charge in [0.15, 0.2) is 5.60 Å². The van der Waals surface area contributed by atoms with Crippen LogP contribution >= 0.6 is 11.6 Å². The smallest absolute Gasteiger partial charge is 0.256 e. The molecule has 1 unspecified atom stereocenters. The van der Waals surface area contributed by atoms with Crippen LogP contribution in [0.2, 0.25) is 5.02 Å². The molecule has 138 valence electrons. The molecule has 6 heteroatoms. The summed E-state index contributed by atoms with van der Waals surface area (Å²) in [5.74, 6) is -0.300. The van der Waals surface area contributed by atoms with Gasteiger partial charge in [0.25, 0.3) is 5.91 Å². The van der Waals surface area contributed by atoms with Gasteiger partial charge in [-0.15, -0.1) is 0 Å². The third-order valence-electron chi connectivity index (χ3n) is 5.16. The number of hydrogen-bond donors (Lipinski definition) is 0. The van der Waals surface area contributed by atoms with Gasteiger partial charge in [-0.3, -0.25) is 9.69 Å². The Morgan fingerprint density at radius 1 is 1.32 bits per heavy atom. The van der Waals surface area contributed by atoms with Crippen LogP contribution in [0.3, 0.4) is 0 Å². The third kappa shape index (κ3) is 3.99. The van der Waals surface area contributed by atoms with E-state index in [9.17, 15) is 9.18 Å². The van der Waals surface area contributed by atoms with E-state index >= 15 is 0 Å². The van der Waals surface area contributed by atoms with E-state index in [4.69, 9.17) is 16.3 Å². The Morgan fingerprint density at radius 2 is 2.12 bits per heavy atom. The van der Waals surface area contributed by atoms with Crippen molar-refractivity contribution in [3.05, 3.63) is 34.6 Å². The zero-order chi connectivity index (χ0) is 18.0. The highest BCUT2D eigenvalue weighted by molar-refractivity contribution is 6.30. The molecular weight excluding hydrogens is 343 g/mol. The second kappa shape index (κ2) is 7.60. The van der Waals surface area contributed by atoms with E-state index in [2.05, 4.69) is 4.90 Å². The summed E-state index contributed by atoms with van der Waals surface area (Å²) >= 11 is 5.76. The van der Waals surface area contributed by atoms with Crippen LogP contribution in [-0.2, 0) is 16.1 Å². The molecule has 0 saturated carbocycles. The molecule has 1 aromatic carbocycles. The van der Waals surface area contributed by atoms with Crippen LogP contribution in [0.1, 0.15) is 38.7 Å². The van der Waals surface area contributed by atoms with E-state index in [0.717, 1.165) is 37.9 Å². The van der Waals surface area contributed by atoms with Gasteiger partial charge >= 0.3 is 0 Å². The zero-order valence-corrected chi connectivity index (χ0v) is 15.7. The van der Waals surface area contributed by atoms with Crippen LogP contribution < -0.4 is 0 Å². The maximum Gasteiger partial charge on any atom is 0.256 e. The largest absolute Gasteiger partial charge is 0.362 e. The molecule has 0 N–H and O–H groups in total. The molecule has 1 aromatic rings. The zero-order valence-electron chi connectivity index (χ0n) is 14.9. The molecule has 2 aliphatic heterocycles. The number of carbonyl (C=O) groups excluding carboxylic acids is 1. The standard InChI is InChI=1S/C19H26ClFN2O2/c1-14(2)23-8-4-3-7-19(18(23)24)13-22(9-10-25-19)12-15-5-6-16(20)17(21)11-15/h5-6,11,14H,3-4,7-10,12-13H2,1-2H3.